The smallest absolute Gasteiger partial charge is 0.303 e. The second-order valence-electron chi connectivity index (χ2n) is 2.64. The zero-order valence-electron chi connectivity index (χ0n) is 7.18. The van der Waals surface area contributed by atoms with Crippen molar-refractivity contribution in [1.29, 1.82) is 0 Å². The van der Waals surface area contributed by atoms with Crippen molar-refractivity contribution in [2.24, 2.45) is 0 Å². The second-order valence-corrected chi connectivity index (χ2v) is 3.44. The van der Waals surface area contributed by atoms with Gasteiger partial charge >= 0.3 is 5.97 Å². The van der Waals surface area contributed by atoms with Gasteiger partial charge in [0.1, 0.15) is 0 Å². The minimum atomic E-state index is -0.691. The highest BCUT2D eigenvalue weighted by molar-refractivity contribution is 9.09. The minimum Gasteiger partial charge on any atom is -0.481 e. The Kier molecular flexibility index (Phi) is 8.93. The number of carboxylic acids is 1. The van der Waals surface area contributed by atoms with Crippen molar-refractivity contribution >= 4 is 21.9 Å². The van der Waals surface area contributed by atoms with Crippen molar-refractivity contribution in [3.63, 3.8) is 0 Å². The Hall–Kier alpha value is -0.0900. The van der Waals surface area contributed by atoms with E-state index in [4.69, 9.17) is 5.11 Å². The molecule has 0 spiro atoms. The molecule has 0 aromatic heterocycles. The van der Waals surface area contributed by atoms with Crippen LogP contribution < -0.4 is 5.32 Å². The lowest BCUT2D eigenvalue weighted by Gasteiger charge is -2.00. The van der Waals surface area contributed by atoms with Gasteiger partial charge in [-0.2, -0.15) is 0 Å². The summed E-state index contributed by atoms with van der Waals surface area (Å²) in [6.45, 7) is 1.98. The third-order valence-electron chi connectivity index (χ3n) is 1.52. The van der Waals surface area contributed by atoms with E-state index in [0.717, 1.165) is 37.7 Å². The molecule has 0 atom stereocenters. The Bertz CT molecular complexity index is 120. The fraction of sp³-hybridized carbons (Fsp3) is 0.875. The van der Waals surface area contributed by atoms with Crippen LogP contribution in [0.2, 0.25) is 0 Å². The van der Waals surface area contributed by atoms with Gasteiger partial charge in [-0.3, -0.25) is 4.79 Å². The van der Waals surface area contributed by atoms with E-state index < -0.39 is 5.97 Å². The highest BCUT2D eigenvalue weighted by atomic mass is 79.9. The number of alkyl halides is 1. The molecule has 0 aromatic rings. The van der Waals surface area contributed by atoms with Crippen LogP contribution in [0, 0.1) is 0 Å². The van der Waals surface area contributed by atoms with Gasteiger partial charge in [0, 0.05) is 18.3 Å². The molecule has 0 saturated carbocycles. The van der Waals surface area contributed by atoms with Crippen LogP contribution in [0.1, 0.15) is 25.7 Å². The number of nitrogens with one attached hydrogen (secondary N) is 1. The van der Waals surface area contributed by atoms with Crippen LogP contribution in [0.4, 0.5) is 0 Å². The third-order valence-corrected chi connectivity index (χ3v) is 1.91. The lowest BCUT2D eigenvalue weighted by Crippen LogP contribution is -2.17. The number of rotatable bonds is 8. The first-order valence-corrected chi connectivity index (χ1v) is 5.38. The summed E-state index contributed by atoms with van der Waals surface area (Å²) in [5.74, 6) is -0.691. The van der Waals surface area contributed by atoms with Gasteiger partial charge < -0.3 is 10.4 Å². The number of carbonyl (C=O) groups is 1. The molecule has 0 bridgehead atoms. The minimum absolute atomic E-state index is 0.304. The van der Waals surface area contributed by atoms with Gasteiger partial charge in [-0.05, 0) is 19.4 Å². The van der Waals surface area contributed by atoms with Crippen molar-refractivity contribution in [2.45, 2.75) is 25.7 Å². The summed E-state index contributed by atoms with van der Waals surface area (Å²) >= 11 is 3.31. The molecule has 12 heavy (non-hydrogen) atoms. The Morgan fingerprint density at radius 3 is 2.58 bits per heavy atom. The van der Waals surface area contributed by atoms with Crippen LogP contribution in [0.5, 0.6) is 0 Å². The van der Waals surface area contributed by atoms with Crippen LogP contribution >= 0.6 is 15.9 Å². The first-order chi connectivity index (χ1) is 5.77. The maximum Gasteiger partial charge on any atom is 0.303 e. The van der Waals surface area contributed by atoms with E-state index in [1.165, 1.54) is 0 Å². The predicted molar refractivity (Wildman–Crippen MR) is 52.8 cm³/mol. The van der Waals surface area contributed by atoms with Gasteiger partial charge in [-0.1, -0.05) is 22.4 Å². The van der Waals surface area contributed by atoms with Crippen LogP contribution in [0.3, 0.4) is 0 Å². The summed E-state index contributed by atoms with van der Waals surface area (Å²) in [7, 11) is 0. The van der Waals surface area contributed by atoms with E-state index in [1.54, 1.807) is 0 Å². The number of carboxylic acid groups (broad SMARTS) is 1. The number of halogens is 1. The molecule has 3 nitrogen and oxygen atoms in total. The Morgan fingerprint density at radius 1 is 1.25 bits per heavy atom. The van der Waals surface area contributed by atoms with Gasteiger partial charge in [0.05, 0.1) is 0 Å². The Morgan fingerprint density at radius 2 is 2.00 bits per heavy atom. The molecule has 0 aliphatic heterocycles. The quantitative estimate of drug-likeness (QED) is 0.499. The first kappa shape index (κ1) is 11.9. The van der Waals surface area contributed by atoms with Crippen LogP contribution in [0.15, 0.2) is 0 Å². The van der Waals surface area contributed by atoms with Crippen molar-refractivity contribution in [3.05, 3.63) is 0 Å². The topological polar surface area (TPSA) is 49.3 Å². The monoisotopic (exact) mass is 237 g/mol. The van der Waals surface area contributed by atoms with Crippen molar-refractivity contribution in [1.82, 2.24) is 5.32 Å². The molecule has 0 radical (unpaired) electrons. The molecule has 0 aliphatic carbocycles. The number of hydrogen-bond acceptors (Lipinski definition) is 2. The largest absolute Gasteiger partial charge is 0.481 e. The summed E-state index contributed by atoms with van der Waals surface area (Å²) in [4.78, 5) is 10.1. The normalized spacial score (nSPS) is 10.1. The highest BCUT2D eigenvalue weighted by Crippen LogP contribution is 1.98. The zero-order chi connectivity index (χ0) is 9.23. The van der Waals surface area contributed by atoms with E-state index >= 15 is 0 Å². The molecule has 0 saturated heterocycles. The fourth-order valence-corrected chi connectivity index (χ4v) is 1.18. The Labute approximate surface area is 81.7 Å². The summed E-state index contributed by atoms with van der Waals surface area (Å²) in [6.07, 6.45) is 3.17. The van der Waals surface area contributed by atoms with Gasteiger partial charge in [0.2, 0.25) is 0 Å². The molecule has 0 amide bonds. The third kappa shape index (κ3) is 9.91. The summed E-state index contributed by atoms with van der Waals surface area (Å²) < 4.78 is 0. The number of aliphatic carboxylic acids is 1. The van der Waals surface area contributed by atoms with E-state index in [9.17, 15) is 4.79 Å². The highest BCUT2D eigenvalue weighted by Gasteiger charge is 1.95. The molecular weight excluding hydrogens is 222 g/mol. The SMILES string of the molecule is O=C(O)CCCCCNCCBr. The molecule has 0 aromatic carbocycles. The molecule has 0 heterocycles. The van der Waals surface area contributed by atoms with E-state index in [0.29, 0.717) is 6.42 Å². The van der Waals surface area contributed by atoms with E-state index in [-0.39, 0.29) is 0 Å². The molecule has 0 fully saturated rings. The standard InChI is InChI=1S/C8H16BrNO2/c9-5-7-10-6-3-1-2-4-8(11)12/h10H,1-7H2,(H,11,12). The average Bonchev–Trinajstić information content (AvgIpc) is 2.02. The van der Waals surface area contributed by atoms with Gasteiger partial charge in [0.25, 0.3) is 0 Å². The molecule has 0 aliphatic rings. The molecule has 4 heteroatoms. The van der Waals surface area contributed by atoms with Crippen molar-refractivity contribution in [2.75, 3.05) is 18.4 Å². The molecule has 0 rings (SSSR count). The first-order valence-electron chi connectivity index (χ1n) is 4.26. The van der Waals surface area contributed by atoms with Crippen LogP contribution in [-0.2, 0) is 4.79 Å². The van der Waals surface area contributed by atoms with E-state index in [1.807, 2.05) is 0 Å². The van der Waals surface area contributed by atoms with Crippen molar-refractivity contribution < 1.29 is 9.90 Å². The lowest BCUT2D eigenvalue weighted by molar-refractivity contribution is -0.137. The summed E-state index contributed by atoms with van der Waals surface area (Å²) in [6, 6.07) is 0. The molecule has 2 N–H and O–H groups in total. The Balaban J connectivity index is 2.86. The fourth-order valence-electron chi connectivity index (χ4n) is 0.895. The molecule has 72 valence electrons. The maximum atomic E-state index is 10.1. The van der Waals surface area contributed by atoms with Crippen LogP contribution in [0.25, 0.3) is 0 Å². The summed E-state index contributed by atoms with van der Waals surface area (Å²) in [5.41, 5.74) is 0. The van der Waals surface area contributed by atoms with E-state index in [2.05, 4.69) is 21.2 Å². The van der Waals surface area contributed by atoms with Gasteiger partial charge in [0.15, 0.2) is 0 Å². The lowest BCUT2D eigenvalue weighted by atomic mass is 10.2. The number of unbranched alkanes of at least 4 members (excludes halogenated alkanes) is 2. The second kappa shape index (κ2) is 9.00. The van der Waals surface area contributed by atoms with Crippen molar-refractivity contribution in [3.8, 4) is 0 Å². The molecular formula is C8H16BrNO2. The predicted octanol–water partition coefficient (Wildman–Crippen LogP) is 1.62. The number of hydrogen-bond donors (Lipinski definition) is 2. The average molecular weight is 238 g/mol. The van der Waals surface area contributed by atoms with Crippen LogP contribution in [-0.4, -0.2) is 29.5 Å². The maximum absolute atomic E-state index is 10.1. The zero-order valence-corrected chi connectivity index (χ0v) is 8.77. The summed E-state index contributed by atoms with van der Waals surface area (Å²) in [5, 5.41) is 12.5. The van der Waals surface area contributed by atoms with Gasteiger partial charge in [-0.15, -0.1) is 0 Å². The molecule has 0 unspecified atom stereocenters. The van der Waals surface area contributed by atoms with Gasteiger partial charge in [-0.25, -0.2) is 0 Å².